The molecule has 3 aromatic rings. The molecule has 35 heavy (non-hydrogen) atoms. The Morgan fingerprint density at radius 2 is 1.83 bits per heavy atom. The van der Waals surface area contributed by atoms with Crippen LogP contribution in [-0.2, 0) is 13.0 Å². The highest BCUT2D eigenvalue weighted by molar-refractivity contribution is 5.82. The first-order chi connectivity index (χ1) is 16.8. The number of allylic oxidation sites excluding steroid dienone is 3. The monoisotopic (exact) mass is 465 g/mol. The lowest BCUT2D eigenvalue weighted by Gasteiger charge is -2.22. The molecule has 1 heteroatoms. The lowest BCUT2D eigenvalue weighted by Crippen LogP contribution is -2.27. The van der Waals surface area contributed by atoms with E-state index < -0.39 is 0 Å². The van der Waals surface area contributed by atoms with Gasteiger partial charge < -0.3 is 4.57 Å². The molecule has 1 nitrogen and oxygen atoms in total. The Kier molecular flexibility index (Phi) is 7.85. The molecule has 1 aliphatic carbocycles. The van der Waals surface area contributed by atoms with Gasteiger partial charge in [-0.15, -0.1) is 0 Å². The fourth-order valence-corrected chi connectivity index (χ4v) is 5.86. The van der Waals surface area contributed by atoms with Crippen LogP contribution in [0.3, 0.4) is 0 Å². The summed E-state index contributed by atoms with van der Waals surface area (Å²) in [7, 11) is 0. The number of aromatic nitrogens is 1. The van der Waals surface area contributed by atoms with Gasteiger partial charge in [-0.25, -0.2) is 0 Å². The maximum absolute atomic E-state index is 4.49. The molecule has 0 spiro atoms. The number of nitrogens with zero attached hydrogens (tertiary/aromatic N) is 1. The molecule has 1 fully saturated rings. The van der Waals surface area contributed by atoms with Crippen molar-refractivity contribution >= 4 is 23.6 Å². The van der Waals surface area contributed by atoms with Crippen LogP contribution in [0.1, 0.15) is 88.0 Å². The van der Waals surface area contributed by atoms with Gasteiger partial charge in [0.1, 0.15) is 0 Å². The number of fused-ring (bicyclic) bond motifs is 1. The van der Waals surface area contributed by atoms with Crippen molar-refractivity contribution in [2.75, 3.05) is 0 Å². The number of aryl methyl sites for hydroxylation is 2. The van der Waals surface area contributed by atoms with Gasteiger partial charge in [-0.1, -0.05) is 88.1 Å². The Hall–Kier alpha value is -2.80. The molecule has 0 unspecified atom stereocenters. The van der Waals surface area contributed by atoms with Crippen LogP contribution in [-0.4, -0.2) is 4.57 Å². The van der Waals surface area contributed by atoms with E-state index in [1.165, 1.54) is 82.6 Å². The zero-order chi connectivity index (χ0) is 25.1. The Bertz CT molecular complexity index is 1360. The molecular formula is C34H43N. The Morgan fingerprint density at radius 1 is 1.09 bits per heavy atom. The molecule has 1 atom stereocenters. The third-order valence-electron chi connectivity index (χ3n) is 8.27. The number of rotatable bonds is 7. The second-order valence-electron chi connectivity index (χ2n) is 10.8. The van der Waals surface area contributed by atoms with Gasteiger partial charge in [0.2, 0.25) is 0 Å². The van der Waals surface area contributed by atoms with E-state index in [4.69, 9.17) is 0 Å². The molecule has 0 N–H and O–H groups in total. The first-order valence-electron chi connectivity index (χ1n) is 13.5. The predicted octanol–water partition coefficient (Wildman–Crippen LogP) is 7.96. The highest BCUT2D eigenvalue weighted by atomic mass is 15.0. The lowest BCUT2D eigenvalue weighted by molar-refractivity contribution is 0.356. The van der Waals surface area contributed by atoms with Crippen molar-refractivity contribution in [1.82, 2.24) is 4.57 Å². The molecule has 4 rings (SSSR count). The summed E-state index contributed by atoms with van der Waals surface area (Å²) in [5.74, 6) is 1.23. The fourth-order valence-electron chi connectivity index (χ4n) is 5.86. The second-order valence-corrected chi connectivity index (χ2v) is 10.8. The average molecular weight is 466 g/mol. The van der Waals surface area contributed by atoms with Crippen LogP contribution in [0.4, 0.5) is 0 Å². The summed E-state index contributed by atoms with van der Waals surface area (Å²) in [6.45, 7) is 20.5. The van der Waals surface area contributed by atoms with Gasteiger partial charge in [-0.3, -0.25) is 0 Å². The van der Waals surface area contributed by atoms with Crippen molar-refractivity contribution in [3.63, 3.8) is 0 Å². The highest BCUT2D eigenvalue weighted by Crippen LogP contribution is 2.31. The molecule has 0 radical (unpaired) electrons. The first kappa shape index (κ1) is 25.3. The normalized spacial score (nSPS) is 16.7. The minimum atomic E-state index is 0.352. The molecule has 0 bridgehead atoms. The maximum atomic E-state index is 4.49. The third kappa shape index (κ3) is 5.40. The second kappa shape index (κ2) is 10.9. The summed E-state index contributed by atoms with van der Waals surface area (Å²) < 4.78 is 2.37. The Balaban J connectivity index is 1.66. The van der Waals surface area contributed by atoms with Crippen LogP contribution < -0.4 is 10.6 Å². The smallest absolute Gasteiger partial charge is 0.0491 e. The topological polar surface area (TPSA) is 4.93 Å². The van der Waals surface area contributed by atoms with Crippen molar-refractivity contribution in [3.05, 3.63) is 93.0 Å². The van der Waals surface area contributed by atoms with Gasteiger partial charge in [-0.2, -0.15) is 0 Å². The number of benzene rings is 2. The van der Waals surface area contributed by atoms with Gasteiger partial charge in [0.05, 0.1) is 0 Å². The standard InChI is InChI=1S/C34H43N/c1-8-35-33(18-14-24(4)23(2)3)27(7)32-22-30(16-19-34(32)35)26(6)31-17-15-29(20-25(31)5)21-28-12-10-9-11-13-28/h14-20,22,26,28H,2,7-13,21H2,1,3-6H3/b24-14+,33-18+/t26-/m0/s1. The van der Waals surface area contributed by atoms with E-state index in [9.17, 15) is 0 Å². The quantitative estimate of drug-likeness (QED) is 0.312. The zero-order valence-corrected chi connectivity index (χ0v) is 22.6. The van der Waals surface area contributed by atoms with E-state index in [-0.39, 0.29) is 0 Å². The van der Waals surface area contributed by atoms with Crippen molar-refractivity contribution in [3.8, 4) is 0 Å². The summed E-state index contributed by atoms with van der Waals surface area (Å²) in [5, 5.41) is 3.56. The first-order valence-corrected chi connectivity index (χ1v) is 13.5. The molecule has 1 aliphatic rings. The van der Waals surface area contributed by atoms with Gasteiger partial charge in [0.25, 0.3) is 0 Å². The minimum Gasteiger partial charge on any atom is -0.341 e. The van der Waals surface area contributed by atoms with Crippen molar-refractivity contribution in [2.24, 2.45) is 5.92 Å². The molecular weight excluding hydrogens is 422 g/mol. The van der Waals surface area contributed by atoms with Crippen molar-refractivity contribution in [1.29, 1.82) is 0 Å². The summed E-state index contributed by atoms with van der Waals surface area (Å²) >= 11 is 0. The lowest BCUT2D eigenvalue weighted by atomic mass is 9.83. The third-order valence-corrected chi connectivity index (χ3v) is 8.27. The Labute approximate surface area is 212 Å². The minimum absolute atomic E-state index is 0.352. The predicted molar refractivity (Wildman–Crippen MR) is 154 cm³/mol. The molecule has 0 saturated heterocycles. The van der Waals surface area contributed by atoms with E-state index in [1.54, 1.807) is 0 Å². The summed E-state index contributed by atoms with van der Waals surface area (Å²) in [6.07, 6.45) is 12.7. The van der Waals surface area contributed by atoms with Crippen LogP contribution in [0.5, 0.6) is 0 Å². The summed E-state index contributed by atoms with van der Waals surface area (Å²) in [4.78, 5) is 0. The summed E-state index contributed by atoms with van der Waals surface area (Å²) in [6, 6.07) is 14.2. The SMILES string of the molecule is C=C(C)/C(C)=C/C=c1\c(=C)c2cc([C@H](C)c3ccc(CC4CCCCC4)cc3C)ccc2n1CC. The Morgan fingerprint density at radius 3 is 2.49 bits per heavy atom. The van der Waals surface area contributed by atoms with Crippen LogP contribution in [0.2, 0.25) is 0 Å². The van der Waals surface area contributed by atoms with E-state index in [2.05, 4.69) is 101 Å². The van der Waals surface area contributed by atoms with E-state index in [0.29, 0.717) is 5.92 Å². The molecule has 0 aliphatic heterocycles. The van der Waals surface area contributed by atoms with Crippen LogP contribution in [0, 0.1) is 12.8 Å². The molecule has 0 amide bonds. The molecule has 1 aromatic heterocycles. The van der Waals surface area contributed by atoms with Crippen LogP contribution >= 0.6 is 0 Å². The molecule has 1 saturated carbocycles. The van der Waals surface area contributed by atoms with E-state index >= 15 is 0 Å². The largest absolute Gasteiger partial charge is 0.341 e. The van der Waals surface area contributed by atoms with Gasteiger partial charge >= 0.3 is 0 Å². The fraction of sp³-hybridized carbons (Fsp3) is 0.412. The zero-order valence-electron chi connectivity index (χ0n) is 22.6. The molecule has 2 aromatic carbocycles. The number of hydrogen-bond acceptors (Lipinski definition) is 0. The maximum Gasteiger partial charge on any atom is 0.0491 e. The van der Waals surface area contributed by atoms with Crippen molar-refractivity contribution < 1.29 is 0 Å². The van der Waals surface area contributed by atoms with Crippen LogP contribution in [0.15, 0.2) is 60.2 Å². The molecule has 1 heterocycles. The molecule has 184 valence electrons. The van der Waals surface area contributed by atoms with Crippen LogP contribution in [0.25, 0.3) is 23.6 Å². The van der Waals surface area contributed by atoms with Crippen molar-refractivity contribution in [2.45, 2.75) is 85.6 Å². The average Bonchev–Trinajstić information content (AvgIpc) is 3.12. The van der Waals surface area contributed by atoms with Gasteiger partial charge in [-0.05, 0) is 86.1 Å². The van der Waals surface area contributed by atoms with Gasteiger partial charge in [0, 0.05) is 33.9 Å². The highest BCUT2D eigenvalue weighted by Gasteiger charge is 2.17. The summed E-state index contributed by atoms with van der Waals surface area (Å²) in [5.41, 5.74) is 9.29. The van der Waals surface area contributed by atoms with E-state index in [1.807, 2.05) is 0 Å². The number of hydrogen-bond donors (Lipinski definition) is 0. The van der Waals surface area contributed by atoms with E-state index in [0.717, 1.165) is 23.3 Å². The van der Waals surface area contributed by atoms with Gasteiger partial charge in [0.15, 0.2) is 0 Å².